The van der Waals surface area contributed by atoms with E-state index in [-0.39, 0.29) is 62.3 Å². The molecule has 2 aromatic heterocycles. The van der Waals surface area contributed by atoms with E-state index in [2.05, 4.69) is 19.8 Å². The number of carbonyl (C=O) groups excluding carboxylic acids is 8. The first kappa shape index (κ1) is 61.0. The second-order valence-electron chi connectivity index (χ2n) is 22.9. The quantitative estimate of drug-likeness (QED) is 0.192. The topological polar surface area (TPSA) is 240 Å². The van der Waals surface area contributed by atoms with Crippen molar-refractivity contribution in [1.82, 2.24) is 34.6 Å². The molecule has 440 valence electrons. The Morgan fingerprint density at radius 1 is 0.512 bits per heavy atom. The van der Waals surface area contributed by atoms with E-state index < -0.39 is 90.1 Å². The van der Waals surface area contributed by atoms with Gasteiger partial charge in [0, 0.05) is 73.2 Å². The minimum Gasteiger partial charge on any atom is -0.451 e. The fraction of sp³-hybridized carbons (Fsp3) is 0.684. The zero-order chi connectivity index (χ0) is 57.9. The van der Waals surface area contributed by atoms with Crippen LogP contribution in [0, 0.1) is 23.7 Å². The van der Waals surface area contributed by atoms with Crippen molar-refractivity contribution in [3.8, 4) is 0 Å². The lowest BCUT2D eigenvalue weighted by molar-refractivity contribution is -0.190. The summed E-state index contributed by atoms with van der Waals surface area (Å²) in [6, 6.07) is 1.12. The van der Waals surface area contributed by atoms with Gasteiger partial charge in [-0.15, -0.1) is 5.06 Å². The molecular formula is C57H83N9O14. The minimum absolute atomic E-state index is 0.0461. The van der Waals surface area contributed by atoms with Crippen molar-refractivity contribution in [2.45, 2.75) is 148 Å². The number of esters is 3. The van der Waals surface area contributed by atoms with Crippen molar-refractivity contribution in [3.63, 3.8) is 0 Å². The van der Waals surface area contributed by atoms with Crippen molar-refractivity contribution in [3.05, 3.63) is 47.8 Å². The lowest BCUT2D eigenvalue weighted by Gasteiger charge is -2.35. The maximum atomic E-state index is 15.0. The van der Waals surface area contributed by atoms with Crippen LogP contribution < -0.4 is 9.80 Å². The van der Waals surface area contributed by atoms with Gasteiger partial charge in [-0.25, -0.2) is 33.9 Å². The fourth-order valence-electron chi connectivity index (χ4n) is 10.2. The molecule has 0 N–H and O–H groups in total. The lowest BCUT2D eigenvalue weighted by atomic mass is 10.0. The van der Waals surface area contributed by atoms with Crippen LogP contribution in [0.4, 0.5) is 16.4 Å². The van der Waals surface area contributed by atoms with Gasteiger partial charge in [-0.05, 0) is 86.5 Å². The van der Waals surface area contributed by atoms with Crippen molar-refractivity contribution in [1.29, 1.82) is 0 Å². The third kappa shape index (κ3) is 16.3. The number of carbonyl (C=O) groups is 8. The number of urea groups is 1. The Hall–Kier alpha value is -6.62. The zero-order valence-corrected chi connectivity index (χ0v) is 48.3. The number of nitrogens with zero attached hydrogens (tertiary/aromatic N) is 9. The Morgan fingerprint density at radius 3 is 1.35 bits per heavy atom. The number of likely N-dealkylation sites (N-methyl/N-ethyl adjacent to an activating group) is 4. The van der Waals surface area contributed by atoms with Crippen LogP contribution in [0.3, 0.4) is 0 Å². The van der Waals surface area contributed by atoms with E-state index in [1.165, 1.54) is 46.9 Å². The highest BCUT2D eigenvalue weighted by molar-refractivity contribution is 5.93. The molecule has 3 aliphatic heterocycles. The highest BCUT2D eigenvalue weighted by Gasteiger charge is 2.44. The molecule has 2 saturated carbocycles. The molecule has 5 heterocycles. The summed E-state index contributed by atoms with van der Waals surface area (Å²) >= 11 is 0. The van der Waals surface area contributed by atoms with Gasteiger partial charge in [0.1, 0.15) is 35.8 Å². The van der Waals surface area contributed by atoms with Crippen LogP contribution in [-0.4, -0.2) is 206 Å². The summed E-state index contributed by atoms with van der Waals surface area (Å²) in [5, 5.41) is 0.818. The molecule has 23 nitrogen and oxygen atoms in total. The van der Waals surface area contributed by atoms with E-state index in [9.17, 15) is 38.4 Å². The summed E-state index contributed by atoms with van der Waals surface area (Å²) in [5.74, 6) is -4.81. The van der Waals surface area contributed by atoms with Gasteiger partial charge in [-0.2, -0.15) is 0 Å². The first-order chi connectivity index (χ1) is 38.1. The maximum Gasteiger partial charge on any atom is 0.354 e. The number of aromatic nitrogens is 2. The Morgan fingerprint density at radius 2 is 0.925 bits per heavy atom. The number of cyclic esters (lactones) is 3. The van der Waals surface area contributed by atoms with E-state index >= 15 is 0 Å². The average molecular weight is 1120 g/mol. The van der Waals surface area contributed by atoms with Gasteiger partial charge >= 0.3 is 29.9 Å². The highest BCUT2D eigenvalue weighted by atomic mass is 16.7. The van der Waals surface area contributed by atoms with Gasteiger partial charge < -0.3 is 57.9 Å². The van der Waals surface area contributed by atoms with Crippen molar-refractivity contribution in [2.75, 3.05) is 90.6 Å². The number of hydrogen-bond acceptors (Lipinski definition) is 18. The van der Waals surface area contributed by atoms with E-state index in [0.717, 1.165) is 45.4 Å². The Kier molecular flexibility index (Phi) is 21.1. The number of hydroxylamine groups is 2. The number of rotatable bonds is 14. The van der Waals surface area contributed by atoms with Gasteiger partial charge in [0.15, 0.2) is 18.3 Å². The second-order valence-corrected chi connectivity index (χ2v) is 22.9. The highest BCUT2D eigenvalue weighted by Crippen LogP contribution is 2.37. The third-order valence-corrected chi connectivity index (χ3v) is 15.5. The molecule has 2 aliphatic carbocycles. The van der Waals surface area contributed by atoms with Crippen LogP contribution in [0.2, 0.25) is 0 Å². The van der Waals surface area contributed by atoms with Crippen LogP contribution in [0.5, 0.6) is 0 Å². The number of amides is 5. The smallest absolute Gasteiger partial charge is 0.354 e. The van der Waals surface area contributed by atoms with Gasteiger partial charge in [0.2, 0.25) is 0 Å². The van der Waals surface area contributed by atoms with Crippen LogP contribution in [0.25, 0.3) is 0 Å². The van der Waals surface area contributed by atoms with E-state index in [1.54, 1.807) is 30.6 Å². The number of ether oxygens (including phenoxy) is 5. The summed E-state index contributed by atoms with van der Waals surface area (Å²) in [6.07, 6.45) is 2.16. The van der Waals surface area contributed by atoms with Crippen LogP contribution in [0.15, 0.2) is 36.7 Å². The molecule has 3 saturated heterocycles. The second kappa shape index (κ2) is 27.7. The molecule has 0 spiro atoms. The lowest BCUT2D eigenvalue weighted by Crippen LogP contribution is -2.55. The SMILES string of the molecule is CC(C)C[C@H]1C(=O)O[C@H](C)C(=O)N(C)[C@@H](CC2CC2)C(=O)ON(Cc2ccc(N3CCOCC3)nc2)C(=O)N(C)[C@@H](CC(C)C)C(=O)O[C@H](C)C(=O)N(C)[C@@H](CC2CC2)C(=O)O[C@H](Cc2ccc(N3CCOCC3)nc2)C(=O)N1C. The van der Waals surface area contributed by atoms with Crippen molar-refractivity contribution >= 4 is 59.3 Å². The molecule has 23 heteroatoms. The zero-order valence-electron chi connectivity index (χ0n) is 48.3. The summed E-state index contributed by atoms with van der Waals surface area (Å²) in [7, 11) is 5.57. The molecule has 7 rings (SSSR count). The van der Waals surface area contributed by atoms with E-state index in [4.69, 9.17) is 28.5 Å². The number of anilines is 2. The molecular weight excluding hydrogens is 1030 g/mol. The molecule has 5 fully saturated rings. The molecule has 80 heavy (non-hydrogen) atoms. The monoisotopic (exact) mass is 1120 g/mol. The molecule has 5 amide bonds. The first-order valence-electron chi connectivity index (χ1n) is 28.3. The van der Waals surface area contributed by atoms with Gasteiger partial charge in [0.05, 0.1) is 33.0 Å². The van der Waals surface area contributed by atoms with Crippen molar-refractivity contribution < 1.29 is 66.9 Å². The van der Waals surface area contributed by atoms with Crippen LogP contribution in [0.1, 0.15) is 104 Å². The molecule has 0 unspecified atom stereocenters. The molecule has 2 aromatic rings. The first-order valence-corrected chi connectivity index (χ1v) is 28.3. The Bertz CT molecular complexity index is 2310. The van der Waals surface area contributed by atoms with Gasteiger partial charge in [-0.3, -0.25) is 14.4 Å². The van der Waals surface area contributed by atoms with E-state index in [0.29, 0.717) is 75.4 Å². The standard InChI is InChI=1S/C57H83N9O14/c1-35(2)27-43-53(70)77-38(6)51(68)61(8)46(30-40-13-14-40)56(73)80-66(34-42-16-18-49(59-33-42)65-21-25-76-26-22-65)57(74)63(10)44(28-36(3)4)54(71)78-37(5)50(67)60(7)45(29-39-11-12-39)55(72)79-47(52(69)62(43)9)31-41-15-17-48(58-32-41)64-19-23-75-24-20-64/h15-18,32-33,35-40,43-47H,11-14,19-31,34H2,1-10H3/t37-,38-,43+,44+,45+,46+,47-/m1/s1. The summed E-state index contributed by atoms with van der Waals surface area (Å²) in [6.45, 7) is 14.5. The number of morpholine rings is 2. The predicted molar refractivity (Wildman–Crippen MR) is 291 cm³/mol. The van der Waals surface area contributed by atoms with Crippen molar-refractivity contribution in [2.24, 2.45) is 23.7 Å². The normalized spacial score (nSPS) is 26.4. The number of hydrogen-bond donors (Lipinski definition) is 0. The predicted octanol–water partition coefficient (Wildman–Crippen LogP) is 4.04. The van der Waals surface area contributed by atoms with Crippen LogP contribution in [-0.2, 0) is 75.0 Å². The Labute approximate surface area is 469 Å². The Balaban J connectivity index is 1.24. The van der Waals surface area contributed by atoms with E-state index in [1.807, 2.05) is 33.8 Å². The summed E-state index contributed by atoms with van der Waals surface area (Å²) < 4.78 is 29.0. The van der Waals surface area contributed by atoms with Crippen LogP contribution >= 0.6 is 0 Å². The molecule has 0 radical (unpaired) electrons. The maximum absolute atomic E-state index is 15.0. The largest absolute Gasteiger partial charge is 0.451 e. The molecule has 7 atom stereocenters. The van der Waals surface area contributed by atoms with Gasteiger partial charge in [0.25, 0.3) is 17.7 Å². The third-order valence-electron chi connectivity index (χ3n) is 15.5. The van der Waals surface area contributed by atoms with Gasteiger partial charge in [-0.1, -0.05) is 65.5 Å². The number of pyridine rings is 2. The molecule has 0 bridgehead atoms. The molecule has 5 aliphatic rings. The fourth-order valence-corrected chi connectivity index (χ4v) is 10.2. The summed E-state index contributed by atoms with van der Waals surface area (Å²) in [4.78, 5) is 141. The molecule has 0 aromatic carbocycles. The summed E-state index contributed by atoms with van der Waals surface area (Å²) in [5.41, 5.74) is 1.01. The average Bonchev–Trinajstić information content (AvgIpc) is 4.43. The minimum atomic E-state index is -1.54.